The predicted molar refractivity (Wildman–Crippen MR) is 158 cm³/mol. The fourth-order valence-electron chi connectivity index (χ4n) is 5.81. The molecule has 1 saturated heterocycles. The molecule has 1 fully saturated rings. The van der Waals surface area contributed by atoms with Gasteiger partial charge >= 0.3 is 0 Å². The molecule has 1 amide bonds. The normalized spacial score (nSPS) is 15.7. The average Bonchev–Trinajstić information content (AvgIpc) is 3.40. The van der Waals surface area contributed by atoms with Crippen LogP contribution in [0.25, 0.3) is 16.7 Å². The van der Waals surface area contributed by atoms with Crippen LogP contribution in [-0.2, 0) is 24.2 Å². The Hall–Kier alpha value is -4.46. The first-order valence-corrected chi connectivity index (χ1v) is 14.0. The summed E-state index contributed by atoms with van der Waals surface area (Å²) in [5.74, 6) is 1.33. The van der Waals surface area contributed by atoms with Gasteiger partial charge in [-0.2, -0.15) is 0 Å². The molecule has 0 bridgehead atoms. The van der Waals surface area contributed by atoms with Crippen LogP contribution in [0.5, 0.6) is 0 Å². The molecule has 5 aromatic rings. The van der Waals surface area contributed by atoms with Crippen LogP contribution in [0.3, 0.4) is 0 Å². The van der Waals surface area contributed by atoms with E-state index in [1.807, 2.05) is 51.8 Å². The number of anilines is 1. The van der Waals surface area contributed by atoms with E-state index >= 15 is 0 Å². The van der Waals surface area contributed by atoms with Crippen LogP contribution in [0, 0.1) is 6.92 Å². The highest BCUT2D eigenvalue weighted by Gasteiger charge is 2.27. The number of para-hydroxylation sites is 1. The van der Waals surface area contributed by atoms with Gasteiger partial charge in [-0.1, -0.05) is 54.6 Å². The van der Waals surface area contributed by atoms with Gasteiger partial charge in [0.05, 0.1) is 10.9 Å². The van der Waals surface area contributed by atoms with E-state index in [1.165, 1.54) is 11.3 Å². The maximum Gasteiger partial charge on any atom is 0.262 e. The lowest BCUT2D eigenvalue weighted by Crippen LogP contribution is -2.53. The highest BCUT2D eigenvalue weighted by molar-refractivity contribution is 5.80. The summed E-state index contributed by atoms with van der Waals surface area (Å²) in [6.45, 7) is 6.97. The molecule has 0 unspecified atom stereocenters. The van der Waals surface area contributed by atoms with Crippen LogP contribution in [0.2, 0.25) is 0 Å². The number of aromatic nitrogens is 4. The number of nitrogens with zero attached hydrogens (tertiary/aromatic N) is 6. The minimum absolute atomic E-state index is 0.0745. The van der Waals surface area contributed by atoms with Gasteiger partial charge in [0.2, 0.25) is 11.7 Å². The molecule has 0 aliphatic carbocycles. The van der Waals surface area contributed by atoms with Crippen molar-refractivity contribution >= 4 is 28.3 Å². The van der Waals surface area contributed by atoms with E-state index in [9.17, 15) is 9.59 Å². The number of amides is 1. The molecule has 1 atom stereocenters. The number of carbonyl (C=O) groups is 1. The largest absolute Gasteiger partial charge is 0.365 e. The van der Waals surface area contributed by atoms with Gasteiger partial charge < -0.3 is 9.80 Å². The van der Waals surface area contributed by atoms with Crippen molar-refractivity contribution < 1.29 is 4.79 Å². The summed E-state index contributed by atoms with van der Waals surface area (Å²) >= 11 is 0. The molecule has 0 radical (unpaired) electrons. The molecule has 8 nitrogen and oxygen atoms in total. The minimum Gasteiger partial charge on any atom is -0.365 e. The van der Waals surface area contributed by atoms with Gasteiger partial charge in [-0.05, 0) is 55.7 Å². The molecule has 1 aliphatic heterocycles. The van der Waals surface area contributed by atoms with Crippen LogP contribution < -0.4 is 10.5 Å². The fourth-order valence-corrected chi connectivity index (χ4v) is 5.81. The second-order valence-electron chi connectivity index (χ2n) is 10.7. The van der Waals surface area contributed by atoms with Gasteiger partial charge in [0.1, 0.15) is 5.82 Å². The van der Waals surface area contributed by atoms with Gasteiger partial charge in [0.25, 0.3) is 5.56 Å². The van der Waals surface area contributed by atoms with Crippen molar-refractivity contribution in [3.05, 3.63) is 106 Å². The van der Waals surface area contributed by atoms with E-state index in [2.05, 4.69) is 65.3 Å². The van der Waals surface area contributed by atoms with Gasteiger partial charge in [-0.25, -0.2) is 0 Å². The van der Waals surface area contributed by atoms with Crippen LogP contribution in [0.4, 0.5) is 5.69 Å². The maximum atomic E-state index is 13.4. The van der Waals surface area contributed by atoms with E-state index in [0.717, 1.165) is 17.6 Å². The van der Waals surface area contributed by atoms with Gasteiger partial charge in [0.15, 0.2) is 0 Å². The summed E-state index contributed by atoms with van der Waals surface area (Å²) in [6.07, 6.45) is 1.50. The lowest BCUT2D eigenvalue weighted by atomic mass is 10.1. The number of hydrogen-bond donors (Lipinski definition) is 0. The van der Waals surface area contributed by atoms with Gasteiger partial charge in [-0.3, -0.25) is 18.6 Å². The SMILES string of the molecule is Cc1cccc(N2CCN(C(=O)CCc3nnc4n(CCc5ccccc5)c(=O)c5ccccc5n34)C[C@@H]2C)c1. The Morgan fingerprint density at radius 3 is 2.52 bits per heavy atom. The van der Waals surface area contributed by atoms with Crippen molar-refractivity contribution in [2.45, 2.75) is 45.7 Å². The Kier molecular flexibility index (Phi) is 7.07. The topological polar surface area (TPSA) is 75.7 Å². The molecule has 3 heterocycles. The van der Waals surface area contributed by atoms with Crippen LogP contribution >= 0.6 is 0 Å². The molecule has 0 spiro atoms. The molecule has 3 aromatic carbocycles. The zero-order valence-corrected chi connectivity index (χ0v) is 23.0. The zero-order chi connectivity index (χ0) is 27.6. The van der Waals surface area contributed by atoms with Crippen molar-refractivity contribution in [3.8, 4) is 0 Å². The highest BCUT2D eigenvalue weighted by atomic mass is 16.2. The Balaban J connectivity index is 1.21. The van der Waals surface area contributed by atoms with Crippen LogP contribution in [0.15, 0.2) is 83.7 Å². The van der Waals surface area contributed by atoms with Crippen molar-refractivity contribution in [2.24, 2.45) is 0 Å². The van der Waals surface area contributed by atoms with Crippen LogP contribution in [0.1, 0.15) is 30.3 Å². The van der Waals surface area contributed by atoms with E-state index in [4.69, 9.17) is 0 Å². The lowest BCUT2D eigenvalue weighted by Gasteiger charge is -2.41. The third-order valence-corrected chi connectivity index (χ3v) is 7.92. The molecule has 0 saturated carbocycles. The number of benzene rings is 3. The van der Waals surface area contributed by atoms with E-state index in [1.54, 1.807) is 4.57 Å². The highest BCUT2D eigenvalue weighted by Crippen LogP contribution is 2.22. The third kappa shape index (κ3) is 4.97. The predicted octanol–water partition coefficient (Wildman–Crippen LogP) is 4.27. The van der Waals surface area contributed by atoms with Crippen LogP contribution in [-0.4, -0.2) is 55.6 Å². The van der Waals surface area contributed by atoms with Gasteiger partial charge in [0, 0.05) is 50.7 Å². The maximum absolute atomic E-state index is 13.4. The average molecular weight is 535 g/mol. The van der Waals surface area contributed by atoms with Crippen molar-refractivity contribution in [1.29, 1.82) is 0 Å². The molecular formula is C32H34N6O2. The standard InChI is InChI=1S/C32H34N6O2/c1-23-9-8-12-26(21-23)36-20-19-35(22-24(36)2)30(39)16-15-29-33-34-32-37(18-17-25-10-4-3-5-11-25)31(40)27-13-6-7-14-28(27)38(29)32/h3-14,21,24H,15-20,22H2,1-2H3/t24-/m0/s1. The van der Waals surface area contributed by atoms with E-state index in [0.29, 0.717) is 55.9 Å². The summed E-state index contributed by atoms with van der Waals surface area (Å²) in [7, 11) is 0. The van der Waals surface area contributed by atoms with E-state index < -0.39 is 0 Å². The number of piperazine rings is 1. The number of rotatable bonds is 7. The van der Waals surface area contributed by atoms with Gasteiger partial charge in [-0.15, -0.1) is 10.2 Å². The summed E-state index contributed by atoms with van der Waals surface area (Å²) < 4.78 is 3.66. The number of hydrogen-bond acceptors (Lipinski definition) is 5. The zero-order valence-electron chi connectivity index (χ0n) is 23.0. The molecule has 204 valence electrons. The summed E-state index contributed by atoms with van der Waals surface area (Å²) in [5, 5.41) is 9.53. The molecule has 6 rings (SSSR count). The molecule has 2 aromatic heterocycles. The minimum atomic E-state index is -0.0745. The quantitative estimate of drug-likeness (QED) is 0.312. The second kappa shape index (κ2) is 11.0. The summed E-state index contributed by atoms with van der Waals surface area (Å²) in [5.41, 5.74) is 4.30. The number of aryl methyl sites for hydroxylation is 4. The first-order valence-electron chi connectivity index (χ1n) is 14.0. The Morgan fingerprint density at radius 1 is 0.925 bits per heavy atom. The summed E-state index contributed by atoms with van der Waals surface area (Å²) in [4.78, 5) is 31.1. The molecule has 1 aliphatic rings. The molecular weight excluding hydrogens is 500 g/mol. The monoisotopic (exact) mass is 534 g/mol. The molecule has 40 heavy (non-hydrogen) atoms. The van der Waals surface area contributed by atoms with E-state index in [-0.39, 0.29) is 17.5 Å². The smallest absolute Gasteiger partial charge is 0.262 e. The van der Waals surface area contributed by atoms with Crippen molar-refractivity contribution in [1.82, 2.24) is 24.1 Å². The van der Waals surface area contributed by atoms with Crippen molar-refractivity contribution in [2.75, 3.05) is 24.5 Å². The second-order valence-corrected chi connectivity index (χ2v) is 10.7. The van der Waals surface area contributed by atoms with Crippen molar-refractivity contribution in [3.63, 3.8) is 0 Å². The summed E-state index contributed by atoms with van der Waals surface area (Å²) in [6, 6.07) is 26.4. The number of carbonyl (C=O) groups excluding carboxylic acids is 1. The fraction of sp³-hybridized carbons (Fsp3) is 0.312. The Labute approximate surface area is 233 Å². The number of fused-ring (bicyclic) bond motifs is 3. The Morgan fingerprint density at radius 2 is 1.73 bits per heavy atom. The molecule has 0 N–H and O–H groups in total. The first-order chi connectivity index (χ1) is 19.5. The lowest BCUT2D eigenvalue weighted by molar-refractivity contribution is -0.131. The molecule has 8 heteroatoms. The first kappa shape index (κ1) is 25.8. The Bertz CT molecular complexity index is 1720. The third-order valence-electron chi connectivity index (χ3n) is 7.92.